The lowest BCUT2D eigenvalue weighted by Gasteiger charge is -2.33. The van der Waals surface area contributed by atoms with Crippen LogP contribution in [0.3, 0.4) is 0 Å². The number of pyridine rings is 1. The third-order valence-electron chi connectivity index (χ3n) is 9.11. The first-order valence-electron chi connectivity index (χ1n) is 17.2. The van der Waals surface area contributed by atoms with E-state index in [4.69, 9.17) is 6.42 Å². The van der Waals surface area contributed by atoms with Gasteiger partial charge in [0, 0.05) is 38.3 Å². The topological polar surface area (TPSA) is 149 Å². The van der Waals surface area contributed by atoms with E-state index in [-0.39, 0.29) is 25.3 Å². The molecular formula is C37H54N4O6S. The van der Waals surface area contributed by atoms with Gasteiger partial charge >= 0.3 is 0 Å². The van der Waals surface area contributed by atoms with E-state index >= 15 is 0 Å². The SMILES string of the molecule is C#CC[C@H](NC(=O)[C@H](Cc1ccccc1)CS(=O)(=O)N(C)CCc1ccccn1)C(=O)N[C@@H](CC1CCCCC1)[C@@H](O)[C@@H](O)CC(C)C. The van der Waals surface area contributed by atoms with E-state index in [1.165, 1.54) is 11.4 Å². The van der Waals surface area contributed by atoms with Gasteiger partial charge in [-0.1, -0.05) is 82.3 Å². The number of aliphatic hydroxyl groups is 2. The number of hydrogen-bond donors (Lipinski definition) is 4. The lowest BCUT2D eigenvalue weighted by molar-refractivity contribution is -0.132. The molecule has 0 unspecified atom stereocenters. The maximum Gasteiger partial charge on any atom is 0.243 e. The summed E-state index contributed by atoms with van der Waals surface area (Å²) in [5, 5.41) is 27.6. The summed E-state index contributed by atoms with van der Waals surface area (Å²) in [4.78, 5) is 31.8. The van der Waals surface area contributed by atoms with Crippen LogP contribution in [0, 0.1) is 30.1 Å². The van der Waals surface area contributed by atoms with Gasteiger partial charge in [0.05, 0.1) is 23.8 Å². The van der Waals surface area contributed by atoms with Crippen LogP contribution in [-0.4, -0.2) is 83.4 Å². The van der Waals surface area contributed by atoms with Crippen molar-refractivity contribution < 1.29 is 28.2 Å². The third-order valence-corrected chi connectivity index (χ3v) is 11.1. The average Bonchev–Trinajstić information content (AvgIpc) is 3.07. The molecule has 11 heteroatoms. The molecule has 1 aliphatic carbocycles. The fourth-order valence-electron chi connectivity index (χ4n) is 6.32. The molecule has 0 radical (unpaired) electrons. The number of nitrogens with zero attached hydrogens (tertiary/aromatic N) is 2. The normalized spacial score (nSPS) is 17.2. The molecule has 10 nitrogen and oxygen atoms in total. The summed E-state index contributed by atoms with van der Waals surface area (Å²) in [7, 11) is -2.40. The highest BCUT2D eigenvalue weighted by atomic mass is 32.2. The predicted octanol–water partition coefficient (Wildman–Crippen LogP) is 3.48. The van der Waals surface area contributed by atoms with Crippen molar-refractivity contribution in [3.63, 3.8) is 0 Å². The first kappa shape index (κ1) is 39.1. The Kier molecular flexibility index (Phi) is 16.0. The molecule has 264 valence electrons. The molecule has 1 aromatic heterocycles. The molecule has 5 atom stereocenters. The molecular weight excluding hydrogens is 628 g/mol. The van der Waals surface area contributed by atoms with Crippen LogP contribution in [0.2, 0.25) is 0 Å². The Balaban J connectivity index is 1.77. The molecule has 3 rings (SSSR count). The van der Waals surface area contributed by atoms with Crippen molar-refractivity contribution in [2.24, 2.45) is 17.8 Å². The van der Waals surface area contributed by atoms with Gasteiger partial charge in [-0.15, -0.1) is 12.3 Å². The van der Waals surface area contributed by atoms with Crippen molar-refractivity contribution in [3.8, 4) is 12.3 Å². The monoisotopic (exact) mass is 682 g/mol. The summed E-state index contributed by atoms with van der Waals surface area (Å²) in [6.45, 7) is 4.09. The second-order valence-electron chi connectivity index (χ2n) is 13.6. The first-order valence-corrected chi connectivity index (χ1v) is 18.8. The molecule has 4 N–H and O–H groups in total. The van der Waals surface area contributed by atoms with Crippen LogP contribution in [0.1, 0.15) is 76.5 Å². The largest absolute Gasteiger partial charge is 0.390 e. The first-order chi connectivity index (χ1) is 22.9. The molecule has 1 saturated carbocycles. The van der Waals surface area contributed by atoms with Gasteiger partial charge in [-0.3, -0.25) is 14.6 Å². The van der Waals surface area contributed by atoms with Crippen molar-refractivity contribution in [3.05, 3.63) is 66.0 Å². The zero-order valence-corrected chi connectivity index (χ0v) is 29.4. The highest BCUT2D eigenvalue weighted by Gasteiger charge is 2.35. The van der Waals surface area contributed by atoms with Crippen LogP contribution in [0.25, 0.3) is 0 Å². The molecule has 1 aromatic carbocycles. The summed E-state index contributed by atoms with van der Waals surface area (Å²) >= 11 is 0. The smallest absolute Gasteiger partial charge is 0.243 e. The molecule has 2 aromatic rings. The molecule has 0 bridgehead atoms. The van der Waals surface area contributed by atoms with Crippen molar-refractivity contribution in [1.82, 2.24) is 19.9 Å². The standard InChI is InChI=1S/C37H54N4O6S/c1-5-14-32(37(45)40-33(25-29-17-10-7-11-18-29)35(43)34(42)23-27(2)3)39-36(44)30(24-28-15-8-6-9-16-28)26-48(46,47)41(4)22-20-31-19-12-13-21-38-31/h1,6,8-9,12-13,15-16,19,21,27,29-30,32-35,42-43H,7,10-11,14,17-18,20,22-26H2,2-4H3,(H,39,44)(H,40,45)/t30-,32+,33+,34+,35-/m1/s1. The Bertz CT molecular complexity index is 1410. The zero-order chi connectivity index (χ0) is 35.1. The van der Waals surface area contributed by atoms with Gasteiger partial charge in [-0.05, 0) is 48.8 Å². The summed E-state index contributed by atoms with van der Waals surface area (Å²) in [5.41, 5.74) is 1.53. The van der Waals surface area contributed by atoms with Crippen LogP contribution >= 0.6 is 0 Å². The Morgan fingerprint density at radius 2 is 1.71 bits per heavy atom. The number of carbonyl (C=O) groups is 2. The van der Waals surface area contributed by atoms with Crippen molar-refractivity contribution in [1.29, 1.82) is 0 Å². The van der Waals surface area contributed by atoms with Gasteiger partial charge < -0.3 is 20.8 Å². The van der Waals surface area contributed by atoms with Crippen molar-refractivity contribution in [2.45, 2.75) is 102 Å². The summed E-state index contributed by atoms with van der Waals surface area (Å²) < 4.78 is 28.3. The highest BCUT2D eigenvalue weighted by molar-refractivity contribution is 7.89. The maximum absolute atomic E-state index is 13.8. The number of terminal acetylenes is 1. The van der Waals surface area contributed by atoms with E-state index in [0.717, 1.165) is 43.4 Å². The molecule has 0 spiro atoms. The number of aromatic nitrogens is 1. The summed E-state index contributed by atoms with van der Waals surface area (Å²) in [5.74, 6) is 0.213. The van der Waals surface area contributed by atoms with E-state index in [1.807, 2.05) is 56.3 Å². The van der Waals surface area contributed by atoms with Crippen LogP contribution < -0.4 is 10.6 Å². The Morgan fingerprint density at radius 1 is 1.02 bits per heavy atom. The number of hydrogen-bond acceptors (Lipinski definition) is 7. The van der Waals surface area contributed by atoms with Gasteiger partial charge in [-0.25, -0.2) is 12.7 Å². The average molecular weight is 683 g/mol. The number of benzene rings is 1. The van der Waals surface area contributed by atoms with E-state index < -0.39 is 57.8 Å². The van der Waals surface area contributed by atoms with E-state index in [9.17, 15) is 28.2 Å². The second kappa shape index (κ2) is 19.6. The molecule has 0 aliphatic heterocycles. The fraction of sp³-hybridized carbons (Fsp3) is 0.595. The fourth-order valence-corrected chi connectivity index (χ4v) is 7.72. The van der Waals surface area contributed by atoms with Crippen LogP contribution in [0.4, 0.5) is 0 Å². The Morgan fingerprint density at radius 3 is 2.33 bits per heavy atom. The van der Waals surface area contributed by atoms with Crippen molar-refractivity contribution in [2.75, 3.05) is 19.3 Å². The lowest BCUT2D eigenvalue weighted by Crippen LogP contribution is -2.56. The van der Waals surface area contributed by atoms with Gasteiger partial charge in [0.1, 0.15) is 12.1 Å². The van der Waals surface area contributed by atoms with Gasteiger partial charge in [0.25, 0.3) is 0 Å². The van der Waals surface area contributed by atoms with E-state index in [0.29, 0.717) is 25.2 Å². The molecule has 1 aliphatic rings. The number of likely N-dealkylation sites (N-methyl/N-ethyl adjacent to an activating group) is 1. The number of nitrogens with one attached hydrogen (secondary N) is 2. The molecule has 2 amide bonds. The van der Waals surface area contributed by atoms with Crippen LogP contribution in [0.15, 0.2) is 54.7 Å². The van der Waals surface area contributed by atoms with Gasteiger partial charge in [0.15, 0.2) is 0 Å². The molecule has 0 saturated heterocycles. The second-order valence-corrected chi connectivity index (χ2v) is 15.7. The van der Waals surface area contributed by atoms with E-state index in [2.05, 4.69) is 21.5 Å². The van der Waals surface area contributed by atoms with Gasteiger partial charge in [0.2, 0.25) is 21.8 Å². The quantitative estimate of drug-likeness (QED) is 0.166. The lowest BCUT2D eigenvalue weighted by atomic mass is 9.82. The van der Waals surface area contributed by atoms with Gasteiger partial charge in [-0.2, -0.15) is 0 Å². The Labute approximate surface area is 287 Å². The summed E-state index contributed by atoms with van der Waals surface area (Å²) in [6.07, 6.45) is 11.6. The number of aliphatic hydroxyl groups excluding tert-OH is 2. The Hall–Kier alpha value is -3.30. The molecule has 1 heterocycles. The predicted molar refractivity (Wildman–Crippen MR) is 188 cm³/mol. The third kappa shape index (κ3) is 13.0. The minimum Gasteiger partial charge on any atom is -0.390 e. The number of sulfonamides is 1. The van der Waals surface area contributed by atoms with Crippen LogP contribution in [0.5, 0.6) is 0 Å². The van der Waals surface area contributed by atoms with Crippen molar-refractivity contribution >= 4 is 21.8 Å². The molecule has 1 fully saturated rings. The van der Waals surface area contributed by atoms with Crippen LogP contribution in [-0.2, 0) is 32.5 Å². The maximum atomic E-state index is 13.8. The summed E-state index contributed by atoms with van der Waals surface area (Å²) in [6, 6.07) is 12.7. The highest BCUT2D eigenvalue weighted by Crippen LogP contribution is 2.29. The minimum absolute atomic E-state index is 0.132. The zero-order valence-electron chi connectivity index (χ0n) is 28.6. The minimum atomic E-state index is -3.89. The number of rotatable bonds is 19. The number of amides is 2. The van der Waals surface area contributed by atoms with E-state index in [1.54, 1.807) is 12.3 Å². The number of carbonyl (C=O) groups excluding carboxylic acids is 2. The molecule has 48 heavy (non-hydrogen) atoms.